The van der Waals surface area contributed by atoms with Crippen molar-refractivity contribution < 1.29 is 33.2 Å². The third-order valence-corrected chi connectivity index (χ3v) is 4.40. The summed E-state index contributed by atoms with van der Waals surface area (Å²) >= 11 is 0. The van der Waals surface area contributed by atoms with Crippen molar-refractivity contribution in [3.63, 3.8) is 0 Å². The molecule has 8 heteroatoms. The van der Waals surface area contributed by atoms with Gasteiger partial charge < -0.3 is 33.7 Å². The summed E-state index contributed by atoms with van der Waals surface area (Å²) in [6.07, 6.45) is 0.883. The van der Waals surface area contributed by atoms with Crippen molar-refractivity contribution in [3.05, 3.63) is 35.9 Å². The van der Waals surface area contributed by atoms with Gasteiger partial charge in [0.05, 0.1) is 27.9 Å². The van der Waals surface area contributed by atoms with E-state index in [9.17, 15) is 4.79 Å². The molecule has 0 aromatic heterocycles. The summed E-state index contributed by atoms with van der Waals surface area (Å²) in [6.45, 7) is 0.985. The molecule has 8 nitrogen and oxygen atoms in total. The lowest BCUT2D eigenvalue weighted by molar-refractivity contribution is -0.121. The molecule has 1 heterocycles. The second kappa shape index (κ2) is 9.77. The van der Waals surface area contributed by atoms with Crippen LogP contribution >= 0.6 is 0 Å². The predicted molar refractivity (Wildman–Crippen MR) is 105 cm³/mol. The molecule has 1 amide bonds. The summed E-state index contributed by atoms with van der Waals surface area (Å²) < 4.78 is 32.2. The molecule has 0 spiro atoms. The molecule has 2 aromatic carbocycles. The topological polar surface area (TPSA) is 84.5 Å². The van der Waals surface area contributed by atoms with Crippen molar-refractivity contribution in [2.45, 2.75) is 12.8 Å². The summed E-state index contributed by atoms with van der Waals surface area (Å²) in [5.74, 6) is 3.64. The molecule has 0 fully saturated rings. The smallest absolute Gasteiger partial charge is 0.231 e. The van der Waals surface area contributed by atoms with E-state index < -0.39 is 0 Å². The molecular weight excluding hydrogens is 378 g/mol. The zero-order valence-electron chi connectivity index (χ0n) is 16.8. The van der Waals surface area contributed by atoms with Crippen molar-refractivity contribution in [1.82, 2.24) is 5.32 Å². The summed E-state index contributed by atoms with van der Waals surface area (Å²) in [4.78, 5) is 12.1. The number of rotatable bonds is 10. The fourth-order valence-corrected chi connectivity index (χ4v) is 2.95. The number of carbonyl (C=O) groups excluding carboxylic acids is 1. The number of amides is 1. The monoisotopic (exact) mass is 403 g/mol. The van der Waals surface area contributed by atoms with Gasteiger partial charge in [0, 0.05) is 12.5 Å². The van der Waals surface area contributed by atoms with Crippen molar-refractivity contribution >= 4 is 5.91 Å². The number of carbonyl (C=O) groups is 1. The second-order valence-corrected chi connectivity index (χ2v) is 6.25. The minimum absolute atomic E-state index is 0.0620. The van der Waals surface area contributed by atoms with Crippen molar-refractivity contribution in [3.8, 4) is 34.5 Å². The van der Waals surface area contributed by atoms with Gasteiger partial charge in [-0.05, 0) is 36.2 Å². The number of benzene rings is 2. The molecule has 0 atom stereocenters. The maximum atomic E-state index is 12.1. The van der Waals surface area contributed by atoms with Crippen molar-refractivity contribution in [2.75, 3.05) is 41.3 Å². The molecule has 0 aliphatic carbocycles. The molecule has 1 N–H and O–H groups in total. The highest BCUT2D eigenvalue weighted by atomic mass is 16.7. The molecule has 1 aliphatic heterocycles. The largest absolute Gasteiger partial charge is 0.493 e. The van der Waals surface area contributed by atoms with Crippen molar-refractivity contribution in [1.29, 1.82) is 0 Å². The number of aryl methyl sites for hydroxylation is 1. The standard InChI is InChI=1S/C21H25NO7/c1-24-18-10-14(11-19(25-2)21(18)26-3)4-7-20(23)22-8-9-27-15-5-6-16-17(12-15)29-13-28-16/h5-6,10-12H,4,7-9,13H2,1-3H3,(H,22,23). The molecule has 0 bridgehead atoms. The number of fused-ring (bicyclic) bond motifs is 1. The molecular formula is C21H25NO7. The normalized spacial score (nSPS) is 11.7. The lowest BCUT2D eigenvalue weighted by atomic mass is 10.1. The average Bonchev–Trinajstić information content (AvgIpc) is 3.22. The minimum Gasteiger partial charge on any atom is -0.493 e. The summed E-state index contributed by atoms with van der Waals surface area (Å²) in [5, 5.41) is 2.85. The first-order valence-electron chi connectivity index (χ1n) is 9.22. The Morgan fingerprint density at radius 3 is 2.41 bits per heavy atom. The molecule has 156 valence electrons. The van der Waals surface area contributed by atoms with Crippen LogP contribution in [-0.2, 0) is 11.2 Å². The Morgan fingerprint density at radius 1 is 1.00 bits per heavy atom. The van der Waals surface area contributed by atoms with Gasteiger partial charge in [-0.15, -0.1) is 0 Å². The van der Waals surface area contributed by atoms with E-state index in [1.807, 2.05) is 12.1 Å². The lowest BCUT2D eigenvalue weighted by Gasteiger charge is -2.14. The molecule has 0 saturated heterocycles. The van der Waals surface area contributed by atoms with Gasteiger partial charge in [0.25, 0.3) is 0 Å². The van der Waals surface area contributed by atoms with Gasteiger partial charge in [0.2, 0.25) is 18.4 Å². The zero-order chi connectivity index (χ0) is 20.6. The summed E-state index contributed by atoms with van der Waals surface area (Å²) in [5.41, 5.74) is 0.922. The van der Waals surface area contributed by atoms with Crippen LogP contribution in [0.25, 0.3) is 0 Å². The fraction of sp³-hybridized carbons (Fsp3) is 0.381. The molecule has 2 aromatic rings. The third kappa shape index (κ3) is 5.16. The summed E-state index contributed by atoms with van der Waals surface area (Å²) in [7, 11) is 4.68. The number of methoxy groups -OCH3 is 3. The summed E-state index contributed by atoms with van der Waals surface area (Å²) in [6, 6.07) is 9.07. The Morgan fingerprint density at radius 2 is 1.72 bits per heavy atom. The number of ether oxygens (including phenoxy) is 6. The minimum atomic E-state index is -0.0620. The van der Waals surface area contributed by atoms with Gasteiger partial charge in [0.15, 0.2) is 23.0 Å². The quantitative estimate of drug-likeness (QED) is 0.611. The Kier molecular flexibility index (Phi) is 6.89. The van der Waals surface area contributed by atoms with E-state index in [1.54, 1.807) is 39.5 Å². The number of hydrogen-bond donors (Lipinski definition) is 1. The fourth-order valence-electron chi connectivity index (χ4n) is 2.95. The van der Waals surface area contributed by atoms with E-state index in [2.05, 4.69) is 5.32 Å². The van der Waals surface area contributed by atoms with E-state index >= 15 is 0 Å². The molecule has 0 radical (unpaired) electrons. The van der Waals surface area contributed by atoms with E-state index in [0.29, 0.717) is 60.5 Å². The van der Waals surface area contributed by atoms with Crippen LogP contribution in [-0.4, -0.2) is 47.2 Å². The predicted octanol–water partition coefficient (Wildman–Crippen LogP) is 2.57. The van der Waals surface area contributed by atoms with Crippen LogP contribution in [0.2, 0.25) is 0 Å². The maximum absolute atomic E-state index is 12.1. The Hall–Kier alpha value is -3.29. The van der Waals surface area contributed by atoms with E-state index in [1.165, 1.54) is 0 Å². The molecule has 3 rings (SSSR count). The van der Waals surface area contributed by atoms with Crippen LogP contribution in [0.3, 0.4) is 0 Å². The Balaban J connectivity index is 1.43. The van der Waals surface area contributed by atoms with Gasteiger partial charge in [-0.1, -0.05) is 0 Å². The van der Waals surface area contributed by atoms with Crippen molar-refractivity contribution in [2.24, 2.45) is 0 Å². The van der Waals surface area contributed by atoms with Gasteiger partial charge in [0.1, 0.15) is 12.4 Å². The van der Waals surface area contributed by atoms with Crippen LogP contribution in [0.15, 0.2) is 30.3 Å². The molecule has 0 saturated carbocycles. The van der Waals surface area contributed by atoms with Crippen LogP contribution in [0, 0.1) is 0 Å². The van der Waals surface area contributed by atoms with Gasteiger partial charge in [-0.3, -0.25) is 4.79 Å². The van der Waals surface area contributed by atoms with Crippen LogP contribution in [0.1, 0.15) is 12.0 Å². The Labute approximate surface area is 169 Å². The first-order chi connectivity index (χ1) is 14.1. The average molecular weight is 403 g/mol. The lowest BCUT2D eigenvalue weighted by Crippen LogP contribution is -2.28. The Bertz CT molecular complexity index is 828. The highest BCUT2D eigenvalue weighted by Crippen LogP contribution is 2.38. The van der Waals surface area contributed by atoms with Gasteiger partial charge in [-0.2, -0.15) is 0 Å². The zero-order valence-corrected chi connectivity index (χ0v) is 16.8. The van der Waals surface area contributed by atoms with Crippen LogP contribution in [0.5, 0.6) is 34.5 Å². The second-order valence-electron chi connectivity index (χ2n) is 6.25. The highest BCUT2D eigenvalue weighted by Gasteiger charge is 2.15. The molecule has 1 aliphatic rings. The molecule has 0 unspecified atom stereocenters. The molecule has 29 heavy (non-hydrogen) atoms. The van der Waals surface area contributed by atoms with Crippen LogP contribution in [0.4, 0.5) is 0 Å². The van der Waals surface area contributed by atoms with Crippen LogP contribution < -0.4 is 33.7 Å². The first kappa shape index (κ1) is 20.4. The van der Waals surface area contributed by atoms with Gasteiger partial charge in [-0.25, -0.2) is 0 Å². The SMILES string of the molecule is COc1cc(CCC(=O)NCCOc2ccc3c(c2)OCO3)cc(OC)c1OC. The highest BCUT2D eigenvalue weighted by molar-refractivity contribution is 5.76. The maximum Gasteiger partial charge on any atom is 0.231 e. The van der Waals surface area contributed by atoms with E-state index in [-0.39, 0.29) is 12.7 Å². The third-order valence-electron chi connectivity index (χ3n) is 4.40. The first-order valence-corrected chi connectivity index (χ1v) is 9.22. The van der Waals surface area contributed by atoms with E-state index in [0.717, 1.165) is 5.56 Å². The number of hydrogen-bond acceptors (Lipinski definition) is 7. The van der Waals surface area contributed by atoms with Gasteiger partial charge >= 0.3 is 0 Å². The van der Waals surface area contributed by atoms with E-state index in [4.69, 9.17) is 28.4 Å². The number of nitrogens with one attached hydrogen (secondary N) is 1.